The molecule has 1 aromatic carbocycles. The molecule has 0 aliphatic carbocycles. The molecule has 5 heteroatoms. The van der Waals surface area contributed by atoms with Gasteiger partial charge >= 0.3 is 0 Å². The third-order valence-electron chi connectivity index (χ3n) is 4.31. The van der Waals surface area contributed by atoms with E-state index in [0.717, 1.165) is 27.6 Å². The van der Waals surface area contributed by atoms with Crippen molar-refractivity contribution in [3.63, 3.8) is 0 Å². The number of carbonyl (C=O) groups is 1. The van der Waals surface area contributed by atoms with E-state index in [1.807, 2.05) is 54.8 Å². The van der Waals surface area contributed by atoms with Crippen LogP contribution in [0.1, 0.15) is 29.0 Å². The van der Waals surface area contributed by atoms with Crippen LogP contribution in [0.4, 0.5) is 0 Å². The van der Waals surface area contributed by atoms with Gasteiger partial charge in [0.05, 0.1) is 11.6 Å². The molecule has 128 valence electrons. The van der Waals surface area contributed by atoms with E-state index in [1.165, 1.54) is 0 Å². The van der Waals surface area contributed by atoms with Crippen molar-refractivity contribution < 1.29 is 4.79 Å². The molecule has 4 aromatic rings. The van der Waals surface area contributed by atoms with Gasteiger partial charge in [0.2, 0.25) is 0 Å². The number of benzene rings is 1. The van der Waals surface area contributed by atoms with Gasteiger partial charge in [0.15, 0.2) is 0 Å². The van der Waals surface area contributed by atoms with Crippen LogP contribution >= 0.6 is 11.3 Å². The zero-order valence-corrected chi connectivity index (χ0v) is 15.0. The predicted molar refractivity (Wildman–Crippen MR) is 105 cm³/mol. The first-order chi connectivity index (χ1) is 12.7. The van der Waals surface area contributed by atoms with Crippen LogP contribution < -0.4 is 5.32 Å². The summed E-state index contributed by atoms with van der Waals surface area (Å²) in [6, 6.07) is 15.5. The largest absolute Gasteiger partial charge is 0.344 e. The smallest absolute Gasteiger partial charge is 0.270 e. The number of amides is 1. The summed E-state index contributed by atoms with van der Waals surface area (Å²) >= 11 is 1.62. The van der Waals surface area contributed by atoms with Gasteiger partial charge in [-0.15, -0.1) is 0 Å². The Bertz CT molecular complexity index is 1050. The number of pyridine rings is 2. The molecule has 0 saturated heterocycles. The van der Waals surface area contributed by atoms with E-state index in [4.69, 9.17) is 0 Å². The second-order valence-corrected chi connectivity index (χ2v) is 6.85. The minimum absolute atomic E-state index is 0.0880. The van der Waals surface area contributed by atoms with Gasteiger partial charge in [0, 0.05) is 23.3 Å². The molecule has 1 amide bonds. The van der Waals surface area contributed by atoms with Crippen LogP contribution in [-0.2, 0) is 0 Å². The van der Waals surface area contributed by atoms with E-state index in [0.29, 0.717) is 5.69 Å². The fourth-order valence-electron chi connectivity index (χ4n) is 2.89. The number of fused-ring (bicyclic) bond motifs is 1. The average molecular weight is 359 g/mol. The van der Waals surface area contributed by atoms with Crippen molar-refractivity contribution in [1.29, 1.82) is 0 Å². The van der Waals surface area contributed by atoms with Crippen molar-refractivity contribution in [2.75, 3.05) is 0 Å². The number of thiophene rings is 1. The molecule has 1 atom stereocenters. The van der Waals surface area contributed by atoms with E-state index in [-0.39, 0.29) is 11.9 Å². The summed E-state index contributed by atoms with van der Waals surface area (Å²) in [4.78, 5) is 21.6. The van der Waals surface area contributed by atoms with Crippen LogP contribution in [0.25, 0.3) is 22.0 Å². The lowest BCUT2D eigenvalue weighted by atomic mass is 10.1. The zero-order chi connectivity index (χ0) is 17.9. The Morgan fingerprint density at radius 2 is 1.92 bits per heavy atom. The molecular formula is C21H17N3OS. The molecule has 26 heavy (non-hydrogen) atoms. The second kappa shape index (κ2) is 7.06. The molecule has 4 rings (SSSR count). The van der Waals surface area contributed by atoms with Gasteiger partial charge < -0.3 is 5.32 Å². The molecule has 0 spiro atoms. The predicted octanol–water partition coefficient (Wildman–Crippen LogP) is 4.85. The lowest BCUT2D eigenvalue weighted by Gasteiger charge is -2.14. The first-order valence-corrected chi connectivity index (χ1v) is 9.30. The second-order valence-electron chi connectivity index (χ2n) is 6.07. The molecular weight excluding hydrogens is 342 g/mol. The van der Waals surface area contributed by atoms with Gasteiger partial charge in [-0.25, -0.2) is 4.98 Å². The molecule has 0 radical (unpaired) electrons. The van der Waals surface area contributed by atoms with Crippen LogP contribution in [0.15, 0.2) is 71.7 Å². The lowest BCUT2D eigenvalue weighted by molar-refractivity contribution is 0.0935. The van der Waals surface area contributed by atoms with Gasteiger partial charge in [-0.1, -0.05) is 30.3 Å². The van der Waals surface area contributed by atoms with E-state index in [9.17, 15) is 4.79 Å². The van der Waals surface area contributed by atoms with Gasteiger partial charge in [-0.05, 0) is 47.0 Å². The van der Waals surface area contributed by atoms with E-state index >= 15 is 0 Å². The maximum absolute atomic E-state index is 12.7. The summed E-state index contributed by atoms with van der Waals surface area (Å²) in [5.74, 6) is -0.184. The average Bonchev–Trinajstić information content (AvgIpc) is 3.22. The van der Waals surface area contributed by atoms with Crippen LogP contribution in [0.3, 0.4) is 0 Å². The number of hydrogen-bond donors (Lipinski definition) is 1. The van der Waals surface area contributed by atoms with Gasteiger partial charge in [-0.2, -0.15) is 11.3 Å². The monoisotopic (exact) mass is 359 g/mol. The fraction of sp³-hybridized carbons (Fsp3) is 0.0952. The molecule has 0 fully saturated rings. The summed E-state index contributed by atoms with van der Waals surface area (Å²) < 4.78 is 0. The quantitative estimate of drug-likeness (QED) is 0.567. The normalized spacial score (nSPS) is 12.0. The van der Waals surface area contributed by atoms with Gasteiger partial charge in [-0.3, -0.25) is 9.78 Å². The van der Waals surface area contributed by atoms with Crippen molar-refractivity contribution in [2.45, 2.75) is 13.0 Å². The van der Waals surface area contributed by atoms with Crippen LogP contribution in [-0.4, -0.2) is 15.9 Å². The number of rotatable bonds is 4. The van der Waals surface area contributed by atoms with Crippen molar-refractivity contribution >= 4 is 28.1 Å². The highest BCUT2D eigenvalue weighted by molar-refractivity contribution is 7.08. The van der Waals surface area contributed by atoms with Crippen LogP contribution in [0.2, 0.25) is 0 Å². The Balaban J connectivity index is 1.66. The Hall–Kier alpha value is -3.05. The highest BCUT2D eigenvalue weighted by atomic mass is 32.1. The number of aromatic nitrogens is 2. The molecule has 3 aromatic heterocycles. The Labute approximate surface area is 155 Å². The highest BCUT2D eigenvalue weighted by Crippen LogP contribution is 2.28. The van der Waals surface area contributed by atoms with E-state index < -0.39 is 0 Å². The molecule has 0 bridgehead atoms. The minimum atomic E-state index is -0.184. The summed E-state index contributed by atoms with van der Waals surface area (Å²) in [5.41, 5.74) is 4.26. The fourth-order valence-corrected chi connectivity index (χ4v) is 3.55. The Morgan fingerprint density at radius 3 is 2.69 bits per heavy atom. The Morgan fingerprint density at radius 1 is 1.08 bits per heavy atom. The molecule has 1 N–H and O–H groups in total. The Kier molecular flexibility index (Phi) is 4.46. The third-order valence-corrected chi connectivity index (χ3v) is 4.99. The third kappa shape index (κ3) is 3.21. The van der Waals surface area contributed by atoms with Crippen LogP contribution in [0, 0.1) is 0 Å². The number of nitrogens with zero attached hydrogens (tertiary/aromatic N) is 2. The van der Waals surface area contributed by atoms with E-state index in [2.05, 4.69) is 20.7 Å². The molecule has 3 heterocycles. The van der Waals surface area contributed by atoms with Gasteiger partial charge in [0.1, 0.15) is 5.69 Å². The molecule has 0 saturated carbocycles. The maximum Gasteiger partial charge on any atom is 0.270 e. The summed E-state index contributed by atoms with van der Waals surface area (Å²) in [5, 5.41) is 8.01. The minimum Gasteiger partial charge on any atom is -0.344 e. The van der Waals surface area contributed by atoms with Gasteiger partial charge in [0.25, 0.3) is 5.91 Å². The molecule has 0 aliphatic heterocycles. The number of nitrogens with one attached hydrogen (secondary N) is 1. The van der Waals surface area contributed by atoms with Crippen molar-refractivity contribution in [3.05, 3.63) is 82.9 Å². The van der Waals surface area contributed by atoms with Crippen LogP contribution in [0.5, 0.6) is 0 Å². The zero-order valence-electron chi connectivity index (χ0n) is 14.2. The maximum atomic E-state index is 12.7. The molecule has 4 nitrogen and oxygen atoms in total. The van der Waals surface area contributed by atoms with Crippen molar-refractivity contribution in [3.8, 4) is 11.1 Å². The molecule has 0 aliphatic rings. The summed E-state index contributed by atoms with van der Waals surface area (Å²) in [7, 11) is 0. The van der Waals surface area contributed by atoms with Crippen molar-refractivity contribution in [2.24, 2.45) is 0 Å². The molecule has 0 unspecified atom stereocenters. The number of carbonyl (C=O) groups excluding carboxylic acids is 1. The standard InChI is InChI=1S/C21H17N3OS/c1-14(15-5-3-2-4-6-15)23-21(25)19-8-7-16-11-22-12-18(20(16)24-19)17-9-10-26-13-17/h2-14H,1H3,(H,23,25)/t14-/m0/s1. The van der Waals surface area contributed by atoms with E-state index in [1.54, 1.807) is 29.8 Å². The first-order valence-electron chi connectivity index (χ1n) is 8.35. The highest BCUT2D eigenvalue weighted by Gasteiger charge is 2.14. The topological polar surface area (TPSA) is 54.9 Å². The van der Waals surface area contributed by atoms with Crippen molar-refractivity contribution in [1.82, 2.24) is 15.3 Å². The number of hydrogen-bond acceptors (Lipinski definition) is 4. The SMILES string of the molecule is C[C@H](NC(=O)c1ccc2cncc(-c3ccsc3)c2n1)c1ccccc1. The lowest BCUT2D eigenvalue weighted by Crippen LogP contribution is -2.27. The first kappa shape index (κ1) is 16.4. The summed E-state index contributed by atoms with van der Waals surface area (Å²) in [6.07, 6.45) is 3.57. The summed E-state index contributed by atoms with van der Waals surface area (Å²) in [6.45, 7) is 1.97.